The van der Waals surface area contributed by atoms with E-state index in [4.69, 9.17) is 0 Å². The standard InChI is InChI=1S/C14H13BrFN3S/c1-2-17-13-10-6-20-7-12(10)18-14(19-13)9-4-3-8(16)5-11(9)15/h3-5H,2,6-7H2,1H3,(H,17,18,19). The van der Waals surface area contributed by atoms with Gasteiger partial charge in [-0.15, -0.1) is 0 Å². The lowest BCUT2D eigenvalue weighted by molar-refractivity contribution is 0.627. The molecule has 0 saturated carbocycles. The lowest BCUT2D eigenvalue weighted by Gasteiger charge is -2.11. The van der Waals surface area contributed by atoms with Gasteiger partial charge in [-0.3, -0.25) is 0 Å². The number of rotatable bonds is 3. The Morgan fingerprint density at radius 3 is 2.95 bits per heavy atom. The Hall–Kier alpha value is -1.14. The molecule has 2 aromatic rings. The summed E-state index contributed by atoms with van der Waals surface area (Å²) in [5.74, 6) is 3.11. The summed E-state index contributed by atoms with van der Waals surface area (Å²) in [5.41, 5.74) is 3.08. The molecule has 1 aromatic heterocycles. The van der Waals surface area contributed by atoms with Crippen LogP contribution in [0.1, 0.15) is 18.2 Å². The zero-order valence-corrected chi connectivity index (χ0v) is 13.3. The fourth-order valence-electron chi connectivity index (χ4n) is 2.16. The van der Waals surface area contributed by atoms with E-state index in [9.17, 15) is 4.39 Å². The Kier molecular flexibility index (Phi) is 3.94. The predicted molar refractivity (Wildman–Crippen MR) is 84.3 cm³/mol. The van der Waals surface area contributed by atoms with E-state index in [-0.39, 0.29) is 5.82 Å². The molecule has 0 bridgehead atoms. The third-order valence-electron chi connectivity index (χ3n) is 3.09. The molecule has 0 unspecified atom stereocenters. The molecule has 0 fully saturated rings. The number of fused-ring (bicyclic) bond motifs is 1. The number of nitrogens with zero attached hydrogens (tertiary/aromatic N) is 2. The van der Waals surface area contributed by atoms with Gasteiger partial charge in [-0.05, 0) is 41.1 Å². The maximum Gasteiger partial charge on any atom is 0.162 e. The fourth-order valence-corrected chi connectivity index (χ4v) is 3.73. The summed E-state index contributed by atoms with van der Waals surface area (Å²) in [6.07, 6.45) is 0. The van der Waals surface area contributed by atoms with Crippen LogP contribution < -0.4 is 5.32 Å². The van der Waals surface area contributed by atoms with E-state index in [2.05, 4.69) is 31.2 Å². The average molecular weight is 354 g/mol. The van der Waals surface area contributed by atoms with Crippen molar-refractivity contribution in [3.8, 4) is 11.4 Å². The van der Waals surface area contributed by atoms with E-state index >= 15 is 0 Å². The maximum absolute atomic E-state index is 13.2. The lowest BCUT2D eigenvalue weighted by Crippen LogP contribution is -2.06. The van der Waals surface area contributed by atoms with Crippen LogP contribution >= 0.6 is 27.7 Å². The van der Waals surface area contributed by atoms with E-state index in [0.717, 1.165) is 35.1 Å². The molecule has 1 aliphatic rings. The number of halogens is 2. The zero-order chi connectivity index (χ0) is 14.1. The van der Waals surface area contributed by atoms with Gasteiger partial charge in [-0.25, -0.2) is 14.4 Å². The molecule has 3 nitrogen and oxygen atoms in total. The van der Waals surface area contributed by atoms with E-state index in [1.807, 2.05) is 18.7 Å². The van der Waals surface area contributed by atoms with Gasteiger partial charge in [-0.1, -0.05) is 0 Å². The number of nitrogens with one attached hydrogen (secondary N) is 1. The van der Waals surface area contributed by atoms with Crippen molar-refractivity contribution in [1.29, 1.82) is 0 Å². The van der Waals surface area contributed by atoms with E-state index in [0.29, 0.717) is 10.3 Å². The number of benzene rings is 1. The Morgan fingerprint density at radius 1 is 1.35 bits per heavy atom. The minimum absolute atomic E-state index is 0.274. The molecule has 0 saturated heterocycles. The number of aromatic nitrogens is 2. The van der Waals surface area contributed by atoms with Gasteiger partial charge in [0.2, 0.25) is 0 Å². The third kappa shape index (κ3) is 2.54. The summed E-state index contributed by atoms with van der Waals surface area (Å²) in [6.45, 7) is 2.86. The molecular formula is C14H13BrFN3S. The Morgan fingerprint density at radius 2 is 2.20 bits per heavy atom. The van der Waals surface area contributed by atoms with E-state index in [1.165, 1.54) is 17.7 Å². The molecule has 20 heavy (non-hydrogen) atoms. The van der Waals surface area contributed by atoms with Crippen molar-refractivity contribution in [3.05, 3.63) is 39.7 Å². The van der Waals surface area contributed by atoms with Crippen molar-refractivity contribution in [2.45, 2.75) is 18.4 Å². The highest BCUT2D eigenvalue weighted by molar-refractivity contribution is 9.10. The van der Waals surface area contributed by atoms with Gasteiger partial charge in [0, 0.05) is 33.7 Å². The number of hydrogen-bond donors (Lipinski definition) is 1. The highest BCUT2D eigenvalue weighted by Crippen LogP contribution is 2.35. The second-order valence-electron chi connectivity index (χ2n) is 4.47. The second kappa shape index (κ2) is 5.69. The fraction of sp³-hybridized carbons (Fsp3) is 0.286. The molecule has 1 aromatic carbocycles. The van der Waals surface area contributed by atoms with Crippen LogP contribution in [0.4, 0.5) is 10.2 Å². The molecule has 1 aliphatic heterocycles. The molecule has 6 heteroatoms. The van der Waals surface area contributed by atoms with Crippen molar-refractivity contribution < 1.29 is 4.39 Å². The molecule has 2 heterocycles. The summed E-state index contributed by atoms with van der Waals surface area (Å²) in [4.78, 5) is 9.24. The smallest absolute Gasteiger partial charge is 0.162 e. The number of anilines is 1. The van der Waals surface area contributed by atoms with Gasteiger partial charge in [0.1, 0.15) is 11.6 Å². The quantitative estimate of drug-likeness (QED) is 0.896. The van der Waals surface area contributed by atoms with Gasteiger partial charge in [0.15, 0.2) is 5.82 Å². The largest absolute Gasteiger partial charge is 0.370 e. The predicted octanol–water partition coefficient (Wildman–Crippen LogP) is 4.22. The van der Waals surface area contributed by atoms with Gasteiger partial charge in [0.05, 0.1) is 5.69 Å². The van der Waals surface area contributed by atoms with Crippen LogP contribution in [0.2, 0.25) is 0 Å². The minimum Gasteiger partial charge on any atom is -0.370 e. The molecule has 3 rings (SSSR count). The van der Waals surface area contributed by atoms with Gasteiger partial charge >= 0.3 is 0 Å². The molecular weight excluding hydrogens is 341 g/mol. The Balaban J connectivity index is 2.12. The van der Waals surface area contributed by atoms with Gasteiger partial charge < -0.3 is 5.32 Å². The topological polar surface area (TPSA) is 37.8 Å². The first-order chi connectivity index (χ1) is 9.69. The first kappa shape index (κ1) is 13.8. The lowest BCUT2D eigenvalue weighted by atomic mass is 10.2. The molecule has 0 spiro atoms. The second-order valence-corrected chi connectivity index (χ2v) is 6.31. The Bertz CT molecular complexity index is 663. The SMILES string of the molecule is CCNc1nc(-c2ccc(F)cc2Br)nc2c1CSC2. The summed E-state index contributed by atoms with van der Waals surface area (Å²) in [6, 6.07) is 4.57. The van der Waals surface area contributed by atoms with Crippen LogP contribution in [0.15, 0.2) is 22.7 Å². The van der Waals surface area contributed by atoms with Crippen molar-refractivity contribution >= 4 is 33.5 Å². The molecule has 104 valence electrons. The van der Waals surface area contributed by atoms with Crippen LogP contribution in [0, 0.1) is 5.82 Å². The van der Waals surface area contributed by atoms with Crippen molar-refractivity contribution in [2.75, 3.05) is 11.9 Å². The summed E-state index contributed by atoms with van der Waals surface area (Å²) < 4.78 is 13.9. The summed E-state index contributed by atoms with van der Waals surface area (Å²) in [7, 11) is 0. The molecule has 0 aliphatic carbocycles. The van der Waals surface area contributed by atoms with Gasteiger partial charge in [0.25, 0.3) is 0 Å². The van der Waals surface area contributed by atoms with Crippen molar-refractivity contribution in [3.63, 3.8) is 0 Å². The van der Waals surface area contributed by atoms with Crippen LogP contribution in [0.3, 0.4) is 0 Å². The monoisotopic (exact) mass is 353 g/mol. The van der Waals surface area contributed by atoms with E-state index < -0.39 is 0 Å². The first-order valence-corrected chi connectivity index (χ1v) is 8.30. The summed E-state index contributed by atoms with van der Waals surface area (Å²) >= 11 is 5.22. The molecule has 1 N–H and O–H groups in total. The average Bonchev–Trinajstić information content (AvgIpc) is 2.87. The van der Waals surface area contributed by atoms with Crippen LogP contribution in [0.25, 0.3) is 11.4 Å². The highest BCUT2D eigenvalue weighted by Gasteiger charge is 2.20. The van der Waals surface area contributed by atoms with Crippen LogP contribution in [0.5, 0.6) is 0 Å². The van der Waals surface area contributed by atoms with E-state index in [1.54, 1.807) is 6.07 Å². The first-order valence-electron chi connectivity index (χ1n) is 6.36. The van der Waals surface area contributed by atoms with Crippen LogP contribution in [-0.4, -0.2) is 16.5 Å². The van der Waals surface area contributed by atoms with Crippen LogP contribution in [-0.2, 0) is 11.5 Å². The number of thioether (sulfide) groups is 1. The molecule has 0 atom stereocenters. The third-order valence-corrected chi connectivity index (χ3v) is 4.72. The Labute approximate surface area is 129 Å². The molecule has 0 radical (unpaired) electrons. The van der Waals surface area contributed by atoms with Crippen molar-refractivity contribution in [1.82, 2.24) is 9.97 Å². The number of hydrogen-bond acceptors (Lipinski definition) is 4. The zero-order valence-electron chi connectivity index (χ0n) is 10.9. The van der Waals surface area contributed by atoms with Crippen molar-refractivity contribution in [2.24, 2.45) is 0 Å². The minimum atomic E-state index is -0.274. The maximum atomic E-state index is 13.2. The highest BCUT2D eigenvalue weighted by atomic mass is 79.9. The normalized spacial score (nSPS) is 13.3. The van der Waals surface area contributed by atoms with Gasteiger partial charge in [-0.2, -0.15) is 11.8 Å². The summed E-state index contributed by atoms with van der Waals surface area (Å²) in [5, 5.41) is 3.30. The molecule has 0 amide bonds.